The van der Waals surface area contributed by atoms with Crippen LogP contribution in [0, 0.1) is 0 Å². The van der Waals surface area contributed by atoms with Crippen LogP contribution < -0.4 is 24.8 Å². The first-order valence-corrected chi connectivity index (χ1v) is 11.2. The summed E-state index contributed by atoms with van der Waals surface area (Å²) in [6.45, 7) is -0.837. The van der Waals surface area contributed by atoms with E-state index >= 15 is 0 Å². The third-order valence-electron chi connectivity index (χ3n) is 5.06. The average Bonchev–Trinajstić information content (AvgIpc) is 2.95. The number of carbonyl (C=O) groups excluding carboxylic acids is 4. The van der Waals surface area contributed by atoms with Crippen LogP contribution in [0.1, 0.15) is 20.7 Å². The molecule has 0 radical (unpaired) electrons. The van der Waals surface area contributed by atoms with Gasteiger partial charge in [-0.1, -0.05) is 0 Å². The predicted octanol–water partition coefficient (Wildman–Crippen LogP) is 3.30. The van der Waals surface area contributed by atoms with E-state index < -0.39 is 30.4 Å². The van der Waals surface area contributed by atoms with E-state index in [1.165, 1.54) is 56.7 Å². The molecular formula is C27H26N2O9. The fourth-order valence-electron chi connectivity index (χ4n) is 3.15. The van der Waals surface area contributed by atoms with Gasteiger partial charge in [-0.3, -0.25) is 9.59 Å². The summed E-state index contributed by atoms with van der Waals surface area (Å²) in [6.07, 6.45) is 0. The molecule has 3 aromatic rings. The summed E-state index contributed by atoms with van der Waals surface area (Å²) in [5.41, 5.74) is 1.44. The number of carbonyl (C=O) groups is 4. The lowest BCUT2D eigenvalue weighted by atomic mass is 10.2. The molecule has 38 heavy (non-hydrogen) atoms. The Morgan fingerprint density at radius 2 is 1.21 bits per heavy atom. The van der Waals surface area contributed by atoms with Gasteiger partial charge in [0.1, 0.15) is 5.75 Å². The summed E-state index contributed by atoms with van der Waals surface area (Å²) in [5.74, 6) is -1.13. The van der Waals surface area contributed by atoms with Gasteiger partial charge < -0.3 is 34.3 Å². The predicted molar refractivity (Wildman–Crippen MR) is 137 cm³/mol. The van der Waals surface area contributed by atoms with Gasteiger partial charge in [0.05, 0.1) is 32.5 Å². The molecule has 0 fully saturated rings. The van der Waals surface area contributed by atoms with Crippen LogP contribution in [0.15, 0.2) is 66.7 Å². The zero-order chi connectivity index (χ0) is 27.5. The van der Waals surface area contributed by atoms with Crippen molar-refractivity contribution in [3.05, 3.63) is 77.9 Å². The fourth-order valence-corrected chi connectivity index (χ4v) is 3.15. The molecular weight excluding hydrogens is 496 g/mol. The van der Waals surface area contributed by atoms with Crippen LogP contribution in [-0.2, 0) is 19.1 Å². The average molecular weight is 523 g/mol. The van der Waals surface area contributed by atoms with Gasteiger partial charge in [-0.15, -0.1) is 0 Å². The van der Waals surface area contributed by atoms with Crippen LogP contribution in [0.5, 0.6) is 17.2 Å². The molecule has 2 N–H and O–H groups in total. The lowest BCUT2D eigenvalue weighted by Crippen LogP contribution is -2.21. The molecule has 198 valence electrons. The van der Waals surface area contributed by atoms with Crippen LogP contribution in [0.4, 0.5) is 11.4 Å². The standard InChI is InChI=1S/C27H26N2O9/c1-34-21-11-9-20(10-12-21)29-24(30)15-37-22-13-6-18(14-23(22)35-2)27(33)38-16-25(31)28-19-7-4-17(5-8-19)26(32)36-3/h4-14H,15-16H2,1-3H3,(H,28,31)(H,29,30). The van der Waals surface area contributed by atoms with Crippen molar-refractivity contribution in [1.29, 1.82) is 0 Å². The largest absolute Gasteiger partial charge is 0.497 e. The van der Waals surface area contributed by atoms with Crippen LogP contribution >= 0.6 is 0 Å². The molecule has 0 saturated heterocycles. The molecule has 0 aromatic heterocycles. The molecule has 0 spiro atoms. The van der Waals surface area contributed by atoms with E-state index in [0.29, 0.717) is 22.7 Å². The summed E-state index contributed by atoms with van der Waals surface area (Å²) in [6, 6.07) is 17.1. The highest BCUT2D eigenvalue weighted by Gasteiger charge is 2.15. The number of amides is 2. The molecule has 0 saturated carbocycles. The van der Waals surface area contributed by atoms with Crippen LogP contribution in [0.3, 0.4) is 0 Å². The second kappa shape index (κ2) is 13.3. The van der Waals surface area contributed by atoms with Crippen molar-refractivity contribution in [3.63, 3.8) is 0 Å². The number of anilines is 2. The number of rotatable bonds is 11. The first-order chi connectivity index (χ1) is 18.3. The Balaban J connectivity index is 1.50. The van der Waals surface area contributed by atoms with Gasteiger partial charge in [-0.2, -0.15) is 0 Å². The SMILES string of the molecule is COC(=O)c1ccc(NC(=O)COC(=O)c2ccc(OCC(=O)Nc3ccc(OC)cc3)c(OC)c2)cc1. The minimum atomic E-state index is -0.761. The van der Waals surface area contributed by atoms with Crippen LogP contribution in [-0.4, -0.2) is 58.3 Å². The molecule has 3 rings (SSSR count). The van der Waals surface area contributed by atoms with E-state index in [1.54, 1.807) is 31.4 Å². The molecule has 3 aromatic carbocycles. The van der Waals surface area contributed by atoms with Gasteiger partial charge >= 0.3 is 11.9 Å². The van der Waals surface area contributed by atoms with Gasteiger partial charge in [0.2, 0.25) is 0 Å². The highest BCUT2D eigenvalue weighted by atomic mass is 16.5. The molecule has 0 atom stereocenters. The van der Waals surface area contributed by atoms with Gasteiger partial charge in [0, 0.05) is 11.4 Å². The first-order valence-electron chi connectivity index (χ1n) is 11.2. The van der Waals surface area contributed by atoms with E-state index in [2.05, 4.69) is 15.4 Å². The lowest BCUT2D eigenvalue weighted by molar-refractivity contribution is -0.119. The molecule has 11 nitrogen and oxygen atoms in total. The molecule has 11 heteroatoms. The zero-order valence-corrected chi connectivity index (χ0v) is 20.9. The number of ether oxygens (including phenoxy) is 5. The number of methoxy groups -OCH3 is 3. The Kier molecular flexibility index (Phi) is 9.64. The van der Waals surface area contributed by atoms with Crippen molar-refractivity contribution < 1.29 is 42.9 Å². The zero-order valence-electron chi connectivity index (χ0n) is 20.9. The second-order valence-electron chi connectivity index (χ2n) is 7.62. The topological polar surface area (TPSA) is 138 Å². The normalized spacial score (nSPS) is 10.1. The van der Waals surface area contributed by atoms with E-state index in [0.717, 1.165) is 0 Å². The molecule has 0 unspecified atom stereocenters. The van der Waals surface area contributed by atoms with E-state index in [1.807, 2.05) is 0 Å². The van der Waals surface area contributed by atoms with Gasteiger partial charge in [0.25, 0.3) is 11.8 Å². The highest BCUT2D eigenvalue weighted by Crippen LogP contribution is 2.28. The minimum Gasteiger partial charge on any atom is -0.497 e. The summed E-state index contributed by atoms with van der Waals surface area (Å²) in [7, 11) is 4.20. The van der Waals surface area contributed by atoms with Crippen molar-refractivity contribution >= 4 is 35.1 Å². The number of nitrogens with one attached hydrogen (secondary N) is 2. The third kappa shape index (κ3) is 7.72. The number of hydrogen-bond acceptors (Lipinski definition) is 9. The van der Waals surface area contributed by atoms with Crippen molar-refractivity contribution in [1.82, 2.24) is 0 Å². The molecule has 0 aliphatic heterocycles. The first kappa shape index (κ1) is 27.5. The van der Waals surface area contributed by atoms with Crippen molar-refractivity contribution in [2.24, 2.45) is 0 Å². The Morgan fingerprint density at radius 1 is 0.632 bits per heavy atom. The van der Waals surface area contributed by atoms with Crippen molar-refractivity contribution in [2.45, 2.75) is 0 Å². The Hall–Kier alpha value is -5.06. The molecule has 2 amide bonds. The summed E-state index contributed by atoms with van der Waals surface area (Å²) < 4.78 is 25.6. The Morgan fingerprint density at radius 3 is 1.79 bits per heavy atom. The number of esters is 2. The van der Waals surface area contributed by atoms with E-state index in [4.69, 9.17) is 18.9 Å². The van der Waals surface area contributed by atoms with Crippen molar-refractivity contribution in [2.75, 3.05) is 45.2 Å². The fraction of sp³-hybridized carbons (Fsp3) is 0.185. The molecule has 0 aliphatic carbocycles. The Bertz CT molecular complexity index is 1290. The van der Waals surface area contributed by atoms with Gasteiger partial charge in [-0.05, 0) is 66.7 Å². The van der Waals surface area contributed by atoms with Crippen molar-refractivity contribution in [3.8, 4) is 17.2 Å². The van der Waals surface area contributed by atoms with E-state index in [9.17, 15) is 19.2 Å². The smallest absolute Gasteiger partial charge is 0.338 e. The highest BCUT2D eigenvalue weighted by molar-refractivity contribution is 5.96. The maximum Gasteiger partial charge on any atom is 0.338 e. The van der Waals surface area contributed by atoms with E-state index in [-0.39, 0.29) is 23.7 Å². The summed E-state index contributed by atoms with van der Waals surface area (Å²) in [5, 5.41) is 5.25. The maximum absolute atomic E-state index is 12.4. The third-order valence-corrected chi connectivity index (χ3v) is 5.06. The number of hydrogen-bond donors (Lipinski definition) is 2. The van der Waals surface area contributed by atoms with Gasteiger partial charge in [-0.25, -0.2) is 9.59 Å². The lowest BCUT2D eigenvalue weighted by Gasteiger charge is -2.12. The number of benzene rings is 3. The monoisotopic (exact) mass is 522 g/mol. The summed E-state index contributed by atoms with van der Waals surface area (Å²) in [4.78, 5) is 48.3. The Labute approximate surface area is 218 Å². The molecule has 0 bridgehead atoms. The van der Waals surface area contributed by atoms with Crippen LogP contribution in [0.25, 0.3) is 0 Å². The minimum absolute atomic E-state index is 0.118. The van der Waals surface area contributed by atoms with Crippen LogP contribution in [0.2, 0.25) is 0 Å². The molecule has 0 heterocycles. The quantitative estimate of drug-likeness (QED) is 0.363. The molecule has 0 aliphatic rings. The van der Waals surface area contributed by atoms with Gasteiger partial charge in [0.15, 0.2) is 24.7 Å². The maximum atomic E-state index is 12.4. The summed E-state index contributed by atoms with van der Waals surface area (Å²) >= 11 is 0. The second-order valence-corrected chi connectivity index (χ2v) is 7.62.